The van der Waals surface area contributed by atoms with Gasteiger partial charge >= 0.3 is 0 Å². The number of rotatable bonds is 9. The molecular formula is C27H28Br2O. The van der Waals surface area contributed by atoms with Crippen LogP contribution in [-0.2, 0) is 6.42 Å². The summed E-state index contributed by atoms with van der Waals surface area (Å²) in [5.41, 5.74) is 8.01. The Morgan fingerprint density at radius 2 is 1.53 bits per heavy atom. The van der Waals surface area contributed by atoms with Crippen molar-refractivity contribution in [2.24, 2.45) is 0 Å². The van der Waals surface area contributed by atoms with Gasteiger partial charge in [0.2, 0.25) is 0 Å². The van der Waals surface area contributed by atoms with Crippen molar-refractivity contribution in [1.82, 2.24) is 0 Å². The Bertz CT molecular complexity index is 1010. The number of hydrogen-bond acceptors (Lipinski definition) is 1. The zero-order chi connectivity index (χ0) is 20.9. The van der Waals surface area contributed by atoms with E-state index in [1.165, 1.54) is 65.5 Å². The number of unbranched alkanes of at least 4 members (excludes halogenated alkanes) is 5. The molecule has 3 aromatic rings. The Balaban J connectivity index is 1.45. The monoisotopic (exact) mass is 526 g/mol. The topological polar surface area (TPSA) is 9.23 Å². The molecule has 30 heavy (non-hydrogen) atoms. The van der Waals surface area contributed by atoms with E-state index >= 15 is 0 Å². The molecule has 0 N–H and O–H groups in total. The first-order valence-corrected chi connectivity index (χ1v) is 12.6. The van der Waals surface area contributed by atoms with Gasteiger partial charge in [-0.2, -0.15) is 0 Å². The molecule has 0 radical (unpaired) electrons. The van der Waals surface area contributed by atoms with Gasteiger partial charge in [0, 0.05) is 14.5 Å². The van der Waals surface area contributed by atoms with Gasteiger partial charge in [0.25, 0.3) is 0 Å². The average Bonchev–Trinajstić information content (AvgIpc) is 3.11. The highest BCUT2D eigenvalue weighted by Gasteiger charge is 2.23. The lowest BCUT2D eigenvalue weighted by molar-refractivity contribution is 0.304. The van der Waals surface area contributed by atoms with Crippen LogP contribution in [-0.4, -0.2) is 6.61 Å². The van der Waals surface area contributed by atoms with E-state index in [-0.39, 0.29) is 0 Å². The second kappa shape index (κ2) is 10.2. The fourth-order valence-electron chi connectivity index (χ4n) is 4.32. The number of ether oxygens (including phenoxy) is 1. The van der Waals surface area contributed by atoms with Crippen LogP contribution >= 0.6 is 31.9 Å². The third kappa shape index (κ3) is 4.84. The van der Waals surface area contributed by atoms with Gasteiger partial charge in [-0.25, -0.2) is 0 Å². The predicted octanol–water partition coefficient (Wildman–Crippen LogP) is 9.19. The molecule has 4 rings (SSSR count). The fraction of sp³-hybridized carbons (Fsp3) is 0.333. The standard InChI is InChI=1S/C27H28Br2O/c1-2-3-4-5-6-7-16-30-22-11-8-19(9-12-22)27-25-18-20-17-21(28)10-13-23(20)24(25)14-15-26(27)29/h8-15,17H,2-7,16,18H2,1H3. The molecule has 0 heterocycles. The molecular weight excluding hydrogens is 500 g/mol. The molecule has 0 unspecified atom stereocenters. The second-order valence-electron chi connectivity index (χ2n) is 8.07. The Morgan fingerprint density at radius 3 is 2.33 bits per heavy atom. The number of hydrogen-bond donors (Lipinski definition) is 0. The lowest BCUT2D eigenvalue weighted by Crippen LogP contribution is -1.97. The molecule has 1 aliphatic carbocycles. The van der Waals surface area contributed by atoms with Crippen molar-refractivity contribution in [2.45, 2.75) is 51.9 Å². The molecule has 0 aliphatic heterocycles. The van der Waals surface area contributed by atoms with Crippen LogP contribution < -0.4 is 4.74 Å². The van der Waals surface area contributed by atoms with E-state index in [0.717, 1.165) is 34.1 Å². The molecule has 3 heteroatoms. The van der Waals surface area contributed by atoms with Crippen LogP contribution in [0, 0.1) is 0 Å². The third-order valence-corrected chi connectivity index (χ3v) is 7.05. The van der Waals surface area contributed by atoms with E-state index < -0.39 is 0 Å². The zero-order valence-electron chi connectivity index (χ0n) is 17.5. The van der Waals surface area contributed by atoms with Gasteiger partial charge < -0.3 is 4.74 Å². The summed E-state index contributed by atoms with van der Waals surface area (Å²) in [6, 6.07) is 19.6. The highest BCUT2D eigenvalue weighted by Crippen LogP contribution is 2.45. The summed E-state index contributed by atoms with van der Waals surface area (Å²) >= 11 is 7.41. The summed E-state index contributed by atoms with van der Waals surface area (Å²) in [4.78, 5) is 0. The van der Waals surface area contributed by atoms with Crippen molar-refractivity contribution < 1.29 is 4.74 Å². The van der Waals surface area contributed by atoms with Gasteiger partial charge in [-0.15, -0.1) is 0 Å². The first-order chi connectivity index (χ1) is 14.7. The van der Waals surface area contributed by atoms with E-state index in [9.17, 15) is 0 Å². The highest BCUT2D eigenvalue weighted by molar-refractivity contribution is 9.10. The van der Waals surface area contributed by atoms with E-state index in [1.54, 1.807) is 0 Å². The van der Waals surface area contributed by atoms with Crippen molar-refractivity contribution in [3.63, 3.8) is 0 Å². The fourth-order valence-corrected chi connectivity index (χ4v) is 5.33. The quantitative estimate of drug-likeness (QED) is 0.197. The Morgan fingerprint density at radius 1 is 0.800 bits per heavy atom. The van der Waals surface area contributed by atoms with Crippen LogP contribution in [0.15, 0.2) is 63.5 Å². The van der Waals surface area contributed by atoms with E-state index in [0.29, 0.717) is 0 Å². The summed E-state index contributed by atoms with van der Waals surface area (Å²) < 4.78 is 8.26. The molecule has 0 aromatic heterocycles. The van der Waals surface area contributed by atoms with Crippen molar-refractivity contribution in [1.29, 1.82) is 0 Å². The Hall–Kier alpha value is -1.58. The molecule has 3 aromatic carbocycles. The maximum Gasteiger partial charge on any atom is 0.119 e. The molecule has 0 bridgehead atoms. The molecule has 0 spiro atoms. The van der Waals surface area contributed by atoms with Crippen molar-refractivity contribution >= 4 is 31.9 Å². The molecule has 1 aliphatic rings. The summed E-state index contributed by atoms with van der Waals surface area (Å²) in [6.45, 7) is 3.06. The molecule has 0 saturated carbocycles. The second-order valence-corrected chi connectivity index (χ2v) is 9.84. The van der Waals surface area contributed by atoms with Crippen molar-refractivity contribution in [3.05, 3.63) is 74.7 Å². The van der Waals surface area contributed by atoms with Gasteiger partial charge in [0.1, 0.15) is 5.75 Å². The lowest BCUT2D eigenvalue weighted by atomic mass is 9.96. The summed E-state index contributed by atoms with van der Waals surface area (Å²) in [6.07, 6.45) is 8.69. The molecule has 0 amide bonds. The van der Waals surface area contributed by atoms with E-state index in [2.05, 4.69) is 93.4 Å². The van der Waals surface area contributed by atoms with Crippen LogP contribution in [0.1, 0.15) is 56.6 Å². The average molecular weight is 528 g/mol. The largest absolute Gasteiger partial charge is 0.494 e. The van der Waals surface area contributed by atoms with Crippen molar-refractivity contribution in [2.75, 3.05) is 6.61 Å². The summed E-state index contributed by atoms with van der Waals surface area (Å²) in [5, 5.41) is 0. The Kier molecular flexibility index (Phi) is 7.32. The van der Waals surface area contributed by atoms with E-state index in [1.807, 2.05) is 0 Å². The normalized spacial score (nSPS) is 12.0. The third-order valence-electron chi connectivity index (χ3n) is 5.90. The molecule has 0 saturated heterocycles. The van der Waals surface area contributed by atoms with Crippen LogP contribution in [0.4, 0.5) is 0 Å². The van der Waals surface area contributed by atoms with Gasteiger partial charge in [0.15, 0.2) is 0 Å². The van der Waals surface area contributed by atoms with Gasteiger partial charge in [0.05, 0.1) is 6.61 Å². The minimum Gasteiger partial charge on any atom is -0.494 e. The Labute approximate surface area is 197 Å². The predicted molar refractivity (Wildman–Crippen MR) is 134 cm³/mol. The summed E-state index contributed by atoms with van der Waals surface area (Å²) in [7, 11) is 0. The molecule has 156 valence electrons. The number of halogens is 2. The summed E-state index contributed by atoms with van der Waals surface area (Å²) in [5.74, 6) is 0.961. The van der Waals surface area contributed by atoms with Crippen LogP contribution in [0.3, 0.4) is 0 Å². The van der Waals surface area contributed by atoms with Gasteiger partial charge in [-0.3, -0.25) is 0 Å². The van der Waals surface area contributed by atoms with Gasteiger partial charge in [-0.05, 0) is 71.0 Å². The molecule has 0 fully saturated rings. The van der Waals surface area contributed by atoms with Crippen LogP contribution in [0.25, 0.3) is 22.3 Å². The first kappa shape index (κ1) is 21.6. The number of fused-ring (bicyclic) bond motifs is 3. The van der Waals surface area contributed by atoms with E-state index in [4.69, 9.17) is 4.74 Å². The molecule has 1 nitrogen and oxygen atoms in total. The van der Waals surface area contributed by atoms with Gasteiger partial charge in [-0.1, -0.05) is 95.2 Å². The number of benzene rings is 3. The minimum absolute atomic E-state index is 0.806. The van der Waals surface area contributed by atoms with Crippen molar-refractivity contribution in [3.8, 4) is 28.0 Å². The maximum atomic E-state index is 5.97. The smallest absolute Gasteiger partial charge is 0.119 e. The SMILES string of the molecule is CCCCCCCCOc1ccc(-c2c(Br)ccc3c2Cc2cc(Br)ccc2-3)cc1. The first-order valence-electron chi connectivity index (χ1n) is 11.0. The van der Waals surface area contributed by atoms with Crippen LogP contribution in [0.2, 0.25) is 0 Å². The van der Waals surface area contributed by atoms with Crippen LogP contribution in [0.5, 0.6) is 5.75 Å². The highest BCUT2D eigenvalue weighted by atomic mass is 79.9. The minimum atomic E-state index is 0.806. The lowest BCUT2D eigenvalue weighted by Gasteiger charge is -2.13. The zero-order valence-corrected chi connectivity index (χ0v) is 20.7. The maximum absolute atomic E-state index is 5.97. The molecule has 0 atom stereocenters.